The summed E-state index contributed by atoms with van der Waals surface area (Å²) in [5, 5.41) is 11.1. The highest BCUT2D eigenvalue weighted by molar-refractivity contribution is 5.66. The lowest BCUT2D eigenvalue weighted by molar-refractivity contribution is 0.107. The third-order valence-corrected chi connectivity index (χ3v) is 5.98. The zero-order chi connectivity index (χ0) is 24.2. The number of aromatic hydroxyl groups is 1. The van der Waals surface area contributed by atoms with Crippen molar-refractivity contribution in [2.45, 2.75) is 97.8 Å². The second-order valence-electron chi connectivity index (χ2n) is 11.0. The first-order valence-electron chi connectivity index (χ1n) is 12.2. The largest absolute Gasteiger partial charge is 0.507 e. The van der Waals surface area contributed by atoms with Crippen molar-refractivity contribution < 1.29 is 9.94 Å². The average molecular weight is 453 g/mol. The van der Waals surface area contributed by atoms with Crippen LogP contribution >= 0.6 is 0 Å². The molecule has 0 unspecified atom stereocenters. The predicted molar refractivity (Wildman–Crippen MR) is 134 cm³/mol. The molecule has 1 N–H and O–H groups in total. The number of rotatable bonds is 9. The van der Waals surface area contributed by atoms with Gasteiger partial charge in [0.2, 0.25) is 0 Å². The predicted octanol–water partition coefficient (Wildman–Crippen LogP) is 6.53. The Balaban J connectivity index is 2.00. The van der Waals surface area contributed by atoms with Crippen LogP contribution in [-0.4, -0.2) is 31.4 Å². The number of phenolic OH excluding ortho intramolecular Hbond substituents is 1. The number of unbranched alkanes of at least 4 members (excludes halogenated alkanes) is 5. The molecule has 0 saturated heterocycles. The Hall–Kier alpha value is -2.63. The van der Waals surface area contributed by atoms with E-state index in [4.69, 9.17) is 9.82 Å². The molecule has 1 aromatic carbocycles. The van der Waals surface area contributed by atoms with Crippen LogP contribution in [0.5, 0.6) is 5.75 Å². The number of phenols is 1. The standard InChI is InChI=1S/C27H40N4O2/c1-8-9-10-11-12-13-14-33-31-17-22-24(29-18-28-22)30-25(31)19-15-20(26(2,3)4)23(32)21(16-19)27(5,6)7/h15-18,32H,8-14H2,1-7H3. The van der Waals surface area contributed by atoms with Crippen molar-refractivity contribution in [3.63, 3.8) is 0 Å². The number of hydrogen-bond donors (Lipinski definition) is 1. The van der Waals surface area contributed by atoms with Gasteiger partial charge in [-0.15, -0.1) is 0 Å². The minimum absolute atomic E-state index is 0.228. The van der Waals surface area contributed by atoms with Gasteiger partial charge in [-0.05, 0) is 35.8 Å². The minimum Gasteiger partial charge on any atom is -0.507 e. The van der Waals surface area contributed by atoms with Gasteiger partial charge in [-0.25, -0.2) is 15.0 Å². The number of hydrogen-bond acceptors (Lipinski definition) is 5. The van der Waals surface area contributed by atoms with Crippen molar-refractivity contribution in [3.05, 3.63) is 35.8 Å². The van der Waals surface area contributed by atoms with Crippen LogP contribution in [0.25, 0.3) is 22.9 Å². The van der Waals surface area contributed by atoms with Crippen LogP contribution in [0.4, 0.5) is 0 Å². The topological polar surface area (TPSA) is 73.1 Å². The zero-order valence-electron chi connectivity index (χ0n) is 21.4. The molecule has 0 fully saturated rings. The average Bonchev–Trinajstić information content (AvgIpc) is 3.18. The molecule has 0 amide bonds. The van der Waals surface area contributed by atoms with E-state index in [1.807, 2.05) is 18.3 Å². The molecule has 2 heterocycles. The molecular weight excluding hydrogens is 412 g/mol. The summed E-state index contributed by atoms with van der Waals surface area (Å²) in [7, 11) is 0. The SMILES string of the molecule is CCCCCCCCOn1cc2ncnc-2nc1-c1cc(C(C)(C)C)c(O)c(C(C)(C)C)c1. The molecule has 3 rings (SSSR count). The Bertz CT molecular complexity index is 992. The van der Waals surface area contributed by atoms with E-state index in [2.05, 4.69) is 58.4 Å². The molecule has 2 aliphatic rings. The maximum absolute atomic E-state index is 11.1. The summed E-state index contributed by atoms with van der Waals surface area (Å²) >= 11 is 0. The second kappa shape index (κ2) is 10.1. The normalized spacial score (nSPS) is 12.5. The first-order valence-corrected chi connectivity index (χ1v) is 12.2. The zero-order valence-corrected chi connectivity index (χ0v) is 21.4. The van der Waals surface area contributed by atoms with E-state index in [-0.39, 0.29) is 10.8 Å². The van der Waals surface area contributed by atoms with E-state index in [1.165, 1.54) is 32.0 Å². The summed E-state index contributed by atoms with van der Waals surface area (Å²) in [6, 6.07) is 4.05. The first kappa shape index (κ1) is 25.0. The monoisotopic (exact) mass is 452 g/mol. The highest BCUT2D eigenvalue weighted by Gasteiger charge is 2.28. The van der Waals surface area contributed by atoms with E-state index in [0.29, 0.717) is 29.7 Å². The number of benzene rings is 1. The van der Waals surface area contributed by atoms with Crippen molar-refractivity contribution in [2.24, 2.45) is 0 Å². The molecule has 6 nitrogen and oxygen atoms in total. The van der Waals surface area contributed by atoms with Crippen molar-refractivity contribution >= 4 is 0 Å². The van der Waals surface area contributed by atoms with Gasteiger partial charge in [0.25, 0.3) is 0 Å². The summed E-state index contributed by atoms with van der Waals surface area (Å²) in [4.78, 5) is 19.6. The highest BCUT2D eigenvalue weighted by Crippen LogP contribution is 2.41. The highest BCUT2D eigenvalue weighted by atomic mass is 16.7. The molecule has 6 heteroatoms. The maximum atomic E-state index is 11.1. The molecule has 0 aromatic heterocycles. The fraction of sp³-hybridized carbons (Fsp3) is 0.593. The Morgan fingerprint density at radius 2 is 1.48 bits per heavy atom. The van der Waals surface area contributed by atoms with Gasteiger partial charge in [-0.1, -0.05) is 74.1 Å². The van der Waals surface area contributed by atoms with E-state index >= 15 is 0 Å². The minimum atomic E-state index is -0.228. The summed E-state index contributed by atoms with van der Waals surface area (Å²) < 4.78 is 1.73. The van der Waals surface area contributed by atoms with Crippen LogP contribution in [0.2, 0.25) is 0 Å². The third-order valence-electron chi connectivity index (χ3n) is 5.98. The van der Waals surface area contributed by atoms with Crippen LogP contribution in [0, 0.1) is 0 Å². The summed E-state index contributed by atoms with van der Waals surface area (Å²) in [5.74, 6) is 1.62. The fourth-order valence-corrected chi connectivity index (χ4v) is 4.01. The van der Waals surface area contributed by atoms with Gasteiger partial charge < -0.3 is 9.94 Å². The van der Waals surface area contributed by atoms with Crippen molar-refractivity contribution in [1.29, 1.82) is 0 Å². The van der Waals surface area contributed by atoms with Gasteiger partial charge in [-0.2, -0.15) is 4.73 Å². The van der Waals surface area contributed by atoms with Gasteiger partial charge in [0.05, 0.1) is 6.20 Å². The van der Waals surface area contributed by atoms with Crippen LogP contribution in [-0.2, 0) is 10.8 Å². The van der Waals surface area contributed by atoms with E-state index in [1.54, 1.807) is 4.73 Å². The van der Waals surface area contributed by atoms with Gasteiger partial charge in [0, 0.05) is 16.7 Å². The quantitative estimate of drug-likeness (QED) is 0.373. The van der Waals surface area contributed by atoms with Crippen molar-refractivity contribution in [1.82, 2.24) is 19.7 Å². The van der Waals surface area contributed by atoms with Crippen LogP contribution in [0.3, 0.4) is 0 Å². The molecule has 1 aromatic rings. The van der Waals surface area contributed by atoms with Gasteiger partial charge in [0.1, 0.15) is 24.4 Å². The van der Waals surface area contributed by atoms with Crippen LogP contribution in [0.15, 0.2) is 24.7 Å². The lowest BCUT2D eigenvalue weighted by atomic mass is 9.78. The molecule has 180 valence electrons. The van der Waals surface area contributed by atoms with Crippen molar-refractivity contribution in [3.8, 4) is 28.7 Å². The molecule has 33 heavy (non-hydrogen) atoms. The summed E-state index contributed by atoms with van der Waals surface area (Å²) in [6.45, 7) is 15.5. The molecule has 0 radical (unpaired) electrons. The Labute approximate surface area is 198 Å². The third kappa shape index (κ3) is 6.04. The number of nitrogens with zero attached hydrogens (tertiary/aromatic N) is 4. The first-order chi connectivity index (χ1) is 15.5. The number of aromatic nitrogens is 4. The van der Waals surface area contributed by atoms with Gasteiger partial charge >= 0.3 is 0 Å². The van der Waals surface area contributed by atoms with E-state index in [0.717, 1.165) is 29.5 Å². The second-order valence-corrected chi connectivity index (χ2v) is 11.0. The van der Waals surface area contributed by atoms with Crippen molar-refractivity contribution in [2.75, 3.05) is 6.61 Å². The number of fused-ring (bicyclic) bond motifs is 1. The lowest BCUT2D eigenvalue weighted by Gasteiger charge is -2.28. The maximum Gasteiger partial charge on any atom is 0.183 e. The van der Waals surface area contributed by atoms with Crippen LogP contribution < -0.4 is 4.84 Å². The van der Waals surface area contributed by atoms with E-state index < -0.39 is 0 Å². The molecule has 0 spiro atoms. The van der Waals surface area contributed by atoms with Crippen LogP contribution in [0.1, 0.15) is 98.1 Å². The number of imidazole rings is 1. The molecular formula is C27H40N4O2. The molecule has 0 saturated carbocycles. The summed E-state index contributed by atoms with van der Waals surface area (Å²) in [5.41, 5.74) is 2.93. The van der Waals surface area contributed by atoms with Gasteiger partial charge in [-0.3, -0.25) is 0 Å². The Kier molecular flexibility index (Phi) is 7.65. The smallest absolute Gasteiger partial charge is 0.183 e. The summed E-state index contributed by atoms with van der Waals surface area (Å²) in [6.07, 6.45) is 10.6. The van der Waals surface area contributed by atoms with E-state index in [9.17, 15) is 5.11 Å². The Morgan fingerprint density at radius 1 is 0.879 bits per heavy atom. The molecule has 0 aliphatic carbocycles. The fourth-order valence-electron chi connectivity index (χ4n) is 4.01. The lowest BCUT2D eigenvalue weighted by Crippen LogP contribution is -2.20. The molecule has 2 aliphatic heterocycles. The van der Waals surface area contributed by atoms with Gasteiger partial charge in [0.15, 0.2) is 11.6 Å². The Morgan fingerprint density at radius 3 is 2.09 bits per heavy atom. The molecule has 0 bridgehead atoms. The molecule has 0 atom stereocenters.